The summed E-state index contributed by atoms with van der Waals surface area (Å²) in [5, 5.41) is 0.934. The Hall–Kier alpha value is -2.18. The number of fused-ring (bicyclic) bond motifs is 1. The molecular weight excluding hydrogens is 282 g/mol. The lowest BCUT2D eigenvalue weighted by molar-refractivity contribution is 0.407. The number of anilines is 2. The third-order valence-corrected chi connectivity index (χ3v) is 4.33. The number of thiophene rings is 1. The van der Waals surface area contributed by atoms with Crippen molar-refractivity contribution in [3.63, 3.8) is 0 Å². The summed E-state index contributed by atoms with van der Waals surface area (Å²) in [7, 11) is 4.10. The maximum Gasteiger partial charge on any atom is 0.136 e. The van der Waals surface area contributed by atoms with Crippen molar-refractivity contribution in [2.24, 2.45) is 0 Å². The van der Waals surface area contributed by atoms with Gasteiger partial charge in [-0.25, -0.2) is 9.97 Å². The molecule has 0 spiro atoms. The Bertz CT molecular complexity index is 777. The van der Waals surface area contributed by atoms with Crippen molar-refractivity contribution in [3.8, 4) is 11.1 Å². The zero-order valence-corrected chi connectivity index (χ0v) is 12.8. The number of hydrogen-bond donors (Lipinski definition) is 2. The van der Waals surface area contributed by atoms with Crippen molar-refractivity contribution in [2.45, 2.75) is 6.54 Å². The molecule has 2 heterocycles. The van der Waals surface area contributed by atoms with E-state index in [1.54, 1.807) is 11.3 Å². The second-order valence-electron chi connectivity index (χ2n) is 5.20. The van der Waals surface area contributed by atoms with E-state index in [4.69, 9.17) is 11.5 Å². The Morgan fingerprint density at radius 3 is 2.48 bits per heavy atom. The van der Waals surface area contributed by atoms with Crippen LogP contribution in [0.25, 0.3) is 21.3 Å². The van der Waals surface area contributed by atoms with Crippen LogP contribution in [0.5, 0.6) is 0 Å². The molecule has 108 valence electrons. The van der Waals surface area contributed by atoms with Gasteiger partial charge in [0.15, 0.2) is 0 Å². The first-order chi connectivity index (χ1) is 10.1. The topological polar surface area (TPSA) is 81.1 Å². The van der Waals surface area contributed by atoms with E-state index in [2.05, 4.69) is 14.9 Å². The monoisotopic (exact) mass is 299 g/mol. The van der Waals surface area contributed by atoms with Gasteiger partial charge in [-0.1, -0.05) is 12.1 Å². The van der Waals surface area contributed by atoms with Gasteiger partial charge in [-0.05, 0) is 31.8 Å². The van der Waals surface area contributed by atoms with Crippen molar-refractivity contribution in [1.29, 1.82) is 0 Å². The minimum absolute atomic E-state index is 0.521. The number of aromatic nitrogens is 2. The predicted octanol–water partition coefficient (Wildman–Crippen LogP) is 2.58. The van der Waals surface area contributed by atoms with E-state index in [9.17, 15) is 0 Å². The third-order valence-electron chi connectivity index (χ3n) is 3.25. The molecule has 0 atom stereocenters. The van der Waals surface area contributed by atoms with Gasteiger partial charge in [0, 0.05) is 22.7 Å². The molecule has 3 rings (SSSR count). The van der Waals surface area contributed by atoms with Crippen LogP contribution in [0.1, 0.15) is 4.88 Å². The fourth-order valence-electron chi connectivity index (χ4n) is 2.36. The van der Waals surface area contributed by atoms with E-state index >= 15 is 0 Å². The minimum Gasteiger partial charge on any atom is -0.399 e. The van der Waals surface area contributed by atoms with Gasteiger partial charge in [0.1, 0.15) is 17.0 Å². The normalized spacial score (nSPS) is 11.4. The Balaban J connectivity index is 2.28. The van der Waals surface area contributed by atoms with Crippen molar-refractivity contribution >= 4 is 33.1 Å². The number of nitrogen functional groups attached to an aromatic ring is 2. The van der Waals surface area contributed by atoms with E-state index < -0.39 is 0 Å². The number of benzene rings is 1. The summed E-state index contributed by atoms with van der Waals surface area (Å²) in [5.41, 5.74) is 14.8. The SMILES string of the molecule is CN(C)Cc1sc2ncnc(N)c2c1-c1ccc(N)cc1. The van der Waals surface area contributed by atoms with E-state index in [1.807, 2.05) is 38.4 Å². The van der Waals surface area contributed by atoms with Gasteiger partial charge in [0.25, 0.3) is 0 Å². The van der Waals surface area contributed by atoms with Crippen molar-refractivity contribution < 1.29 is 0 Å². The Morgan fingerprint density at radius 2 is 1.81 bits per heavy atom. The predicted molar refractivity (Wildman–Crippen MR) is 89.1 cm³/mol. The highest BCUT2D eigenvalue weighted by atomic mass is 32.1. The van der Waals surface area contributed by atoms with Gasteiger partial charge in [0.05, 0.1) is 5.39 Å². The number of nitrogens with zero attached hydrogens (tertiary/aromatic N) is 3. The first-order valence-corrected chi connectivity index (χ1v) is 7.40. The molecule has 0 radical (unpaired) electrons. The van der Waals surface area contributed by atoms with E-state index in [0.29, 0.717) is 5.82 Å². The van der Waals surface area contributed by atoms with Gasteiger partial charge in [-0.15, -0.1) is 11.3 Å². The zero-order valence-electron chi connectivity index (χ0n) is 12.0. The Labute approximate surface area is 127 Å². The zero-order chi connectivity index (χ0) is 15.0. The molecule has 0 saturated heterocycles. The van der Waals surface area contributed by atoms with Gasteiger partial charge in [0.2, 0.25) is 0 Å². The Morgan fingerprint density at radius 1 is 1.10 bits per heavy atom. The van der Waals surface area contributed by atoms with Crippen LogP contribution in [-0.2, 0) is 6.54 Å². The maximum atomic E-state index is 6.09. The average Bonchev–Trinajstić information content (AvgIpc) is 2.78. The molecule has 0 saturated carbocycles. The first kappa shape index (κ1) is 13.8. The number of rotatable bonds is 3. The molecular formula is C15H17N5S. The summed E-state index contributed by atoms with van der Waals surface area (Å²) in [6.45, 7) is 0.834. The van der Waals surface area contributed by atoms with Crippen LogP contribution in [0.15, 0.2) is 30.6 Å². The second-order valence-corrected chi connectivity index (χ2v) is 6.28. The van der Waals surface area contributed by atoms with Crippen LogP contribution in [0.4, 0.5) is 11.5 Å². The van der Waals surface area contributed by atoms with Crippen LogP contribution in [-0.4, -0.2) is 29.0 Å². The molecule has 0 aliphatic carbocycles. The largest absolute Gasteiger partial charge is 0.399 e. The fraction of sp³-hybridized carbons (Fsp3) is 0.200. The number of nitrogens with two attached hydrogens (primary N) is 2. The smallest absolute Gasteiger partial charge is 0.136 e. The van der Waals surface area contributed by atoms with Crippen LogP contribution in [0, 0.1) is 0 Å². The lowest BCUT2D eigenvalue weighted by Gasteiger charge is -2.11. The summed E-state index contributed by atoms with van der Waals surface area (Å²) < 4.78 is 0. The van der Waals surface area contributed by atoms with Crippen LogP contribution >= 0.6 is 11.3 Å². The molecule has 1 aromatic carbocycles. The summed E-state index contributed by atoms with van der Waals surface area (Å²) in [6, 6.07) is 7.83. The lowest BCUT2D eigenvalue weighted by Crippen LogP contribution is -2.10. The highest BCUT2D eigenvalue weighted by molar-refractivity contribution is 7.19. The molecule has 0 aliphatic heterocycles. The highest BCUT2D eigenvalue weighted by Crippen LogP contribution is 2.40. The lowest BCUT2D eigenvalue weighted by atomic mass is 10.0. The van der Waals surface area contributed by atoms with Crippen LogP contribution < -0.4 is 11.5 Å². The molecule has 2 aromatic heterocycles. The first-order valence-electron chi connectivity index (χ1n) is 6.58. The molecule has 21 heavy (non-hydrogen) atoms. The quantitative estimate of drug-likeness (QED) is 0.727. The average molecular weight is 299 g/mol. The van der Waals surface area contributed by atoms with Crippen molar-refractivity contribution in [1.82, 2.24) is 14.9 Å². The van der Waals surface area contributed by atoms with Crippen LogP contribution in [0.3, 0.4) is 0 Å². The minimum atomic E-state index is 0.521. The summed E-state index contributed by atoms with van der Waals surface area (Å²) >= 11 is 1.66. The standard InChI is InChI=1S/C15H17N5S/c1-20(2)7-11-12(9-3-5-10(16)6-4-9)13-14(17)18-8-19-15(13)21-11/h3-6,8H,7,16H2,1-2H3,(H2,17,18,19). The molecule has 3 aromatic rings. The second kappa shape index (κ2) is 5.31. The molecule has 0 bridgehead atoms. The Kier molecular flexibility index (Phi) is 3.48. The molecule has 4 N–H and O–H groups in total. The molecule has 0 fully saturated rings. The van der Waals surface area contributed by atoms with Crippen LogP contribution in [0.2, 0.25) is 0 Å². The van der Waals surface area contributed by atoms with E-state index in [-0.39, 0.29) is 0 Å². The summed E-state index contributed by atoms with van der Waals surface area (Å²) in [5.74, 6) is 0.521. The molecule has 0 aliphatic rings. The van der Waals surface area contributed by atoms with Gasteiger partial charge < -0.3 is 16.4 Å². The fourth-order valence-corrected chi connectivity index (χ4v) is 3.64. The van der Waals surface area contributed by atoms with E-state index in [1.165, 1.54) is 11.2 Å². The third kappa shape index (κ3) is 2.55. The summed E-state index contributed by atoms with van der Waals surface area (Å²) in [6.07, 6.45) is 1.51. The molecule has 5 nitrogen and oxygen atoms in total. The summed E-state index contributed by atoms with van der Waals surface area (Å²) in [4.78, 5) is 12.8. The van der Waals surface area contributed by atoms with E-state index in [0.717, 1.165) is 33.6 Å². The number of hydrogen-bond acceptors (Lipinski definition) is 6. The molecule has 6 heteroatoms. The maximum absolute atomic E-state index is 6.09. The van der Waals surface area contributed by atoms with Crippen molar-refractivity contribution in [2.75, 3.05) is 25.6 Å². The molecule has 0 unspecified atom stereocenters. The van der Waals surface area contributed by atoms with Gasteiger partial charge >= 0.3 is 0 Å². The van der Waals surface area contributed by atoms with Gasteiger partial charge in [-0.3, -0.25) is 0 Å². The van der Waals surface area contributed by atoms with Crippen molar-refractivity contribution in [3.05, 3.63) is 35.5 Å². The van der Waals surface area contributed by atoms with Gasteiger partial charge in [-0.2, -0.15) is 0 Å². The highest BCUT2D eigenvalue weighted by Gasteiger charge is 2.18. The molecule has 0 amide bonds.